The molecule has 0 bridgehead atoms. The smallest absolute Gasteiger partial charge is 0.246 e. The molecule has 1 rings (SSSR count). The monoisotopic (exact) mass is 286 g/mol. The second-order valence-corrected chi connectivity index (χ2v) is 5.65. The first kappa shape index (κ1) is 14.9. The third-order valence-electron chi connectivity index (χ3n) is 2.20. The molecule has 0 spiro atoms. The molecule has 0 aromatic heterocycles. The molecule has 19 heavy (non-hydrogen) atoms. The van der Waals surface area contributed by atoms with E-state index in [4.69, 9.17) is 17.2 Å². The van der Waals surface area contributed by atoms with Crippen molar-refractivity contribution >= 4 is 27.5 Å². The number of rotatable bonds is 6. The number of nitrogens with zero attached hydrogens (tertiary/aromatic N) is 1. The highest BCUT2D eigenvalue weighted by Crippen LogP contribution is 2.21. The van der Waals surface area contributed by atoms with Gasteiger partial charge in [-0.2, -0.15) is 4.31 Å². The number of amides is 2. The van der Waals surface area contributed by atoms with Crippen LogP contribution in [0.25, 0.3) is 0 Å². The molecule has 1 aromatic carbocycles. The Kier molecular flexibility index (Phi) is 4.46. The summed E-state index contributed by atoms with van der Waals surface area (Å²) in [6.07, 6.45) is 0. The van der Waals surface area contributed by atoms with E-state index < -0.39 is 34.9 Å². The van der Waals surface area contributed by atoms with E-state index in [1.807, 2.05) is 0 Å². The first-order chi connectivity index (χ1) is 8.75. The van der Waals surface area contributed by atoms with Gasteiger partial charge < -0.3 is 17.2 Å². The number of nitrogens with two attached hydrogens (primary N) is 3. The molecule has 0 atom stereocenters. The summed E-state index contributed by atoms with van der Waals surface area (Å²) in [6.45, 7) is -1.31. The molecule has 0 saturated carbocycles. The van der Waals surface area contributed by atoms with E-state index in [0.29, 0.717) is 4.31 Å². The molecule has 0 aliphatic rings. The highest BCUT2D eigenvalue weighted by molar-refractivity contribution is 7.89. The van der Waals surface area contributed by atoms with Crippen LogP contribution in [0.15, 0.2) is 29.2 Å². The van der Waals surface area contributed by atoms with E-state index in [2.05, 4.69) is 0 Å². The van der Waals surface area contributed by atoms with Gasteiger partial charge in [-0.3, -0.25) is 9.59 Å². The van der Waals surface area contributed by atoms with Crippen LogP contribution in [0.1, 0.15) is 0 Å². The van der Waals surface area contributed by atoms with Gasteiger partial charge in [0, 0.05) is 0 Å². The zero-order valence-electron chi connectivity index (χ0n) is 9.94. The molecule has 0 radical (unpaired) electrons. The molecule has 9 heteroatoms. The van der Waals surface area contributed by atoms with Gasteiger partial charge in [0.1, 0.15) is 4.90 Å². The SMILES string of the molecule is NC(=O)CN(CC(N)=O)S(=O)(=O)c1ccccc1N. The summed E-state index contributed by atoms with van der Waals surface area (Å²) in [5.74, 6) is -1.81. The van der Waals surface area contributed by atoms with E-state index in [9.17, 15) is 18.0 Å². The molecule has 1 aromatic rings. The van der Waals surface area contributed by atoms with Crippen LogP contribution < -0.4 is 17.2 Å². The second-order valence-electron chi connectivity index (χ2n) is 3.74. The summed E-state index contributed by atoms with van der Waals surface area (Å²) >= 11 is 0. The zero-order valence-corrected chi connectivity index (χ0v) is 10.8. The van der Waals surface area contributed by atoms with Gasteiger partial charge in [-0.1, -0.05) is 12.1 Å². The minimum atomic E-state index is -4.12. The van der Waals surface area contributed by atoms with E-state index >= 15 is 0 Å². The molecule has 0 aliphatic carbocycles. The molecule has 0 aliphatic heterocycles. The Bertz CT molecular complexity index is 583. The standard InChI is InChI=1S/C10H14N4O4S/c11-7-3-1-2-4-8(7)19(17,18)14(5-9(12)15)6-10(13)16/h1-4H,5-6,11H2,(H2,12,15)(H2,13,16). The van der Waals surface area contributed by atoms with Crippen molar-refractivity contribution in [2.45, 2.75) is 4.90 Å². The van der Waals surface area contributed by atoms with E-state index in [1.165, 1.54) is 18.2 Å². The van der Waals surface area contributed by atoms with Gasteiger partial charge in [-0.05, 0) is 12.1 Å². The van der Waals surface area contributed by atoms with Gasteiger partial charge in [0.15, 0.2) is 0 Å². The second kappa shape index (κ2) is 5.67. The quantitative estimate of drug-likeness (QED) is 0.529. The number of sulfonamides is 1. The Hall–Kier alpha value is -2.13. The van der Waals surface area contributed by atoms with Gasteiger partial charge in [0.05, 0.1) is 18.8 Å². The lowest BCUT2D eigenvalue weighted by Crippen LogP contribution is -2.43. The van der Waals surface area contributed by atoms with Crippen molar-refractivity contribution < 1.29 is 18.0 Å². The molecule has 2 amide bonds. The number of hydrogen-bond donors (Lipinski definition) is 3. The summed E-state index contributed by atoms with van der Waals surface area (Å²) in [7, 11) is -4.12. The van der Waals surface area contributed by atoms with Crippen molar-refractivity contribution in [3.63, 3.8) is 0 Å². The largest absolute Gasteiger partial charge is 0.398 e. The Balaban J connectivity index is 3.23. The zero-order chi connectivity index (χ0) is 14.6. The van der Waals surface area contributed by atoms with Crippen LogP contribution in [0, 0.1) is 0 Å². The number of primary amides is 2. The highest BCUT2D eigenvalue weighted by Gasteiger charge is 2.28. The van der Waals surface area contributed by atoms with Gasteiger partial charge in [-0.15, -0.1) is 0 Å². The minimum Gasteiger partial charge on any atom is -0.398 e. The van der Waals surface area contributed by atoms with Crippen LogP contribution in [-0.4, -0.2) is 37.6 Å². The van der Waals surface area contributed by atoms with Crippen molar-refractivity contribution in [2.75, 3.05) is 18.8 Å². The number of carbonyl (C=O) groups is 2. The molecule has 0 saturated heterocycles. The predicted octanol–water partition coefficient (Wildman–Crippen LogP) is -1.77. The Labute approximate surface area is 110 Å². The summed E-state index contributed by atoms with van der Waals surface area (Å²) in [5, 5.41) is 0. The van der Waals surface area contributed by atoms with Gasteiger partial charge in [0.25, 0.3) is 0 Å². The summed E-state index contributed by atoms with van der Waals surface area (Å²) in [5.41, 5.74) is 15.5. The maximum absolute atomic E-state index is 12.3. The van der Waals surface area contributed by atoms with Gasteiger partial charge in [-0.25, -0.2) is 8.42 Å². The fourth-order valence-electron chi connectivity index (χ4n) is 1.43. The lowest BCUT2D eigenvalue weighted by molar-refractivity contribution is -0.120. The number of carbonyl (C=O) groups excluding carboxylic acids is 2. The number of para-hydroxylation sites is 1. The van der Waals surface area contributed by atoms with Crippen LogP contribution in [0.2, 0.25) is 0 Å². The minimum absolute atomic E-state index is 0.00133. The molecule has 104 valence electrons. The van der Waals surface area contributed by atoms with Crippen LogP contribution in [-0.2, 0) is 19.6 Å². The number of hydrogen-bond acceptors (Lipinski definition) is 5. The normalized spacial score (nSPS) is 11.4. The van der Waals surface area contributed by atoms with Crippen molar-refractivity contribution in [3.05, 3.63) is 24.3 Å². The van der Waals surface area contributed by atoms with Crippen molar-refractivity contribution in [3.8, 4) is 0 Å². The molecule has 0 heterocycles. The average molecular weight is 286 g/mol. The van der Waals surface area contributed by atoms with E-state index in [-0.39, 0.29) is 10.6 Å². The molecular formula is C10H14N4O4S. The molecule has 0 fully saturated rings. The van der Waals surface area contributed by atoms with Crippen LogP contribution >= 0.6 is 0 Å². The fourth-order valence-corrected chi connectivity index (χ4v) is 2.92. The third kappa shape index (κ3) is 3.66. The number of nitrogen functional groups attached to an aromatic ring is 1. The lowest BCUT2D eigenvalue weighted by atomic mass is 10.3. The Morgan fingerprint density at radius 2 is 1.53 bits per heavy atom. The summed E-state index contributed by atoms with van der Waals surface area (Å²) in [6, 6.07) is 5.68. The number of benzene rings is 1. The molecule has 8 nitrogen and oxygen atoms in total. The van der Waals surface area contributed by atoms with Crippen molar-refractivity contribution in [1.82, 2.24) is 4.31 Å². The highest BCUT2D eigenvalue weighted by atomic mass is 32.2. The van der Waals surface area contributed by atoms with Gasteiger partial charge >= 0.3 is 0 Å². The van der Waals surface area contributed by atoms with Crippen molar-refractivity contribution in [1.29, 1.82) is 0 Å². The first-order valence-corrected chi connectivity index (χ1v) is 6.60. The Morgan fingerprint density at radius 1 is 1.05 bits per heavy atom. The summed E-state index contributed by atoms with van der Waals surface area (Å²) < 4.78 is 25.1. The third-order valence-corrected chi connectivity index (χ3v) is 4.07. The fraction of sp³-hybridized carbons (Fsp3) is 0.200. The van der Waals surface area contributed by atoms with Crippen LogP contribution in [0.4, 0.5) is 5.69 Å². The predicted molar refractivity (Wildman–Crippen MR) is 68.0 cm³/mol. The lowest BCUT2D eigenvalue weighted by Gasteiger charge is -2.19. The average Bonchev–Trinajstić information content (AvgIpc) is 2.27. The maximum Gasteiger partial charge on any atom is 0.246 e. The maximum atomic E-state index is 12.3. The first-order valence-electron chi connectivity index (χ1n) is 5.16. The van der Waals surface area contributed by atoms with Gasteiger partial charge in [0.2, 0.25) is 21.8 Å². The Morgan fingerprint density at radius 3 is 1.95 bits per heavy atom. The van der Waals surface area contributed by atoms with Crippen LogP contribution in [0.3, 0.4) is 0 Å². The topological polar surface area (TPSA) is 150 Å². The van der Waals surface area contributed by atoms with E-state index in [0.717, 1.165) is 0 Å². The molecular weight excluding hydrogens is 272 g/mol. The van der Waals surface area contributed by atoms with Crippen molar-refractivity contribution in [2.24, 2.45) is 11.5 Å². The van der Waals surface area contributed by atoms with Crippen LogP contribution in [0.5, 0.6) is 0 Å². The summed E-state index contributed by atoms with van der Waals surface area (Å²) in [4.78, 5) is 21.6. The number of anilines is 1. The van der Waals surface area contributed by atoms with E-state index in [1.54, 1.807) is 6.07 Å². The molecule has 0 unspecified atom stereocenters. The molecule has 6 N–H and O–H groups in total.